The number of rotatable bonds is 6. The molecule has 6 heteroatoms. The molecule has 6 nitrogen and oxygen atoms in total. The lowest BCUT2D eigenvalue weighted by Gasteiger charge is -2.26. The van der Waals surface area contributed by atoms with E-state index in [2.05, 4.69) is 5.32 Å². The van der Waals surface area contributed by atoms with Crippen LogP contribution in [0.3, 0.4) is 0 Å². The minimum Gasteiger partial charge on any atom is -0.481 e. The van der Waals surface area contributed by atoms with Gasteiger partial charge in [0.15, 0.2) is 6.10 Å². The van der Waals surface area contributed by atoms with E-state index < -0.39 is 23.5 Å². The number of nitriles is 1. The number of benzene rings is 1. The van der Waals surface area contributed by atoms with Gasteiger partial charge >= 0.3 is 5.97 Å². The fraction of sp³-hybridized carbons (Fsp3) is 0.400. The van der Waals surface area contributed by atoms with E-state index in [1.54, 1.807) is 45.0 Å². The van der Waals surface area contributed by atoms with E-state index in [0.717, 1.165) is 0 Å². The molecule has 1 unspecified atom stereocenters. The van der Waals surface area contributed by atoms with Crippen molar-refractivity contribution in [1.82, 2.24) is 5.32 Å². The van der Waals surface area contributed by atoms with Crippen molar-refractivity contribution >= 4 is 11.9 Å². The second-order valence-electron chi connectivity index (χ2n) is 5.31. The van der Waals surface area contributed by atoms with Gasteiger partial charge in [0.1, 0.15) is 11.8 Å². The lowest BCUT2D eigenvalue weighted by atomic mass is 10.0. The van der Waals surface area contributed by atoms with Crippen LogP contribution >= 0.6 is 0 Å². The van der Waals surface area contributed by atoms with Gasteiger partial charge in [-0.2, -0.15) is 5.26 Å². The zero-order valence-electron chi connectivity index (χ0n) is 12.2. The highest BCUT2D eigenvalue weighted by Gasteiger charge is 2.27. The molecule has 0 aliphatic heterocycles. The van der Waals surface area contributed by atoms with Gasteiger partial charge in [0.05, 0.1) is 12.0 Å². The monoisotopic (exact) mass is 290 g/mol. The van der Waals surface area contributed by atoms with Crippen LogP contribution < -0.4 is 10.1 Å². The molecule has 0 saturated heterocycles. The van der Waals surface area contributed by atoms with Crippen LogP contribution in [-0.2, 0) is 9.59 Å². The summed E-state index contributed by atoms with van der Waals surface area (Å²) in [5.41, 5.74) is -0.545. The van der Waals surface area contributed by atoms with E-state index in [9.17, 15) is 9.59 Å². The number of para-hydroxylation sites is 1. The number of aliphatic carboxylic acids is 1. The molecule has 0 aromatic heterocycles. The number of carboxylic acids is 1. The molecule has 0 bridgehead atoms. The van der Waals surface area contributed by atoms with Crippen molar-refractivity contribution < 1.29 is 19.4 Å². The summed E-state index contributed by atoms with van der Waals surface area (Å²) in [5.74, 6) is -1.11. The van der Waals surface area contributed by atoms with Crippen molar-refractivity contribution in [2.24, 2.45) is 0 Å². The minimum absolute atomic E-state index is 0.194. The van der Waals surface area contributed by atoms with Crippen LogP contribution in [0.1, 0.15) is 32.8 Å². The summed E-state index contributed by atoms with van der Waals surface area (Å²) in [6, 6.07) is 8.58. The van der Waals surface area contributed by atoms with Crippen molar-refractivity contribution in [3.8, 4) is 11.8 Å². The Hall–Kier alpha value is -2.55. The van der Waals surface area contributed by atoms with Crippen molar-refractivity contribution in [2.45, 2.75) is 38.8 Å². The molecule has 0 fully saturated rings. The summed E-state index contributed by atoms with van der Waals surface area (Å²) >= 11 is 0. The maximum atomic E-state index is 12.0. The van der Waals surface area contributed by atoms with Gasteiger partial charge in [-0.1, -0.05) is 12.1 Å². The van der Waals surface area contributed by atoms with Gasteiger partial charge in [-0.05, 0) is 32.9 Å². The molecule has 1 aromatic carbocycles. The van der Waals surface area contributed by atoms with Crippen LogP contribution in [0, 0.1) is 11.3 Å². The van der Waals surface area contributed by atoms with Crippen LogP contribution in [0.2, 0.25) is 0 Å². The van der Waals surface area contributed by atoms with Gasteiger partial charge in [-0.3, -0.25) is 9.59 Å². The highest BCUT2D eigenvalue weighted by molar-refractivity contribution is 5.82. The van der Waals surface area contributed by atoms with E-state index in [1.807, 2.05) is 6.07 Å². The number of carbonyl (C=O) groups is 2. The quantitative estimate of drug-likeness (QED) is 0.830. The molecule has 21 heavy (non-hydrogen) atoms. The highest BCUT2D eigenvalue weighted by Crippen LogP contribution is 2.18. The molecular weight excluding hydrogens is 272 g/mol. The van der Waals surface area contributed by atoms with E-state index >= 15 is 0 Å². The third-order valence-corrected chi connectivity index (χ3v) is 2.74. The van der Waals surface area contributed by atoms with E-state index in [1.165, 1.54) is 0 Å². The molecular formula is C15H18N2O4. The molecule has 1 atom stereocenters. The lowest BCUT2D eigenvalue weighted by molar-refractivity contribution is -0.139. The Kier molecular flexibility index (Phi) is 5.30. The number of nitrogens with one attached hydrogen (secondary N) is 1. The average Bonchev–Trinajstić information content (AvgIpc) is 2.37. The highest BCUT2D eigenvalue weighted by atomic mass is 16.5. The predicted molar refractivity (Wildman–Crippen MR) is 75.7 cm³/mol. The first-order valence-corrected chi connectivity index (χ1v) is 6.45. The number of nitrogens with zero attached hydrogens (tertiary/aromatic N) is 1. The largest absolute Gasteiger partial charge is 0.481 e. The molecule has 0 aliphatic rings. The van der Waals surface area contributed by atoms with Crippen LogP contribution in [0.25, 0.3) is 0 Å². The van der Waals surface area contributed by atoms with E-state index in [0.29, 0.717) is 11.3 Å². The summed E-state index contributed by atoms with van der Waals surface area (Å²) in [4.78, 5) is 22.8. The molecule has 1 amide bonds. The summed E-state index contributed by atoms with van der Waals surface area (Å²) < 4.78 is 5.47. The fourth-order valence-electron chi connectivity index (χ4n) is 1.76. The van der Waals surface area contributed by atoms with Crippen LogP contribution in [0.5, 0.6) is 5.75 Å². The Bertz CT molecular complexity index is 575. The number of ether oxygens (including phenoxy) is 1. The number of carbonyl (C=O) groups excluding carboxylic acids is 1. The first-order chi connectivity index (χ1) is 9.75. The van der Waals surface area contributed by atoms with Gasteiger partial charge in [0, 0.05) is 5.54 Å². The Balaban J connectivity index is 2.71. The predicted octanol–water partition coefficient (Wildman–Crippen LogP) is 1.70. The molecule has 1 aromatic rings. The topological polar surface area (TPSA) is 99.4 Å². The first kappa shape index (κ1) is 16.5. The number of carboxylic acid groups (broad SMARTS) is 1. The molecule has 0 radical (unpaired) electrons. The molecule has 2 N–H and O–H groups in total. The number of amides is 1. The average molecular weight is 290 g/mol. The Morgan fingerprint density at radius 3 is 2.62 bits per heavy atom. The molecule has 0 heterocycles. The van der Waals surface area contributed by atoms with Gasteiger partial charge in [-0.25, -0.2) is 0 Å². The second-order valence-corrected chi connectivity index (χ2v) is 5.31. The molecule has 0 saturated carbocycles. The number of hydrogen-bond donors (Lipinski definition) is 2. The smallest absolute Gasteiger partial charge is 0.305 e. The maximum Gasteiger partial charge on any atom is 0.305 e. The second kappa shape index (κ2) is 6.75. The Morgan fingerprint density at radius 2 is 2.05 bits per heavy atom. The lowest BCUT2D eigenvalue weighted by Crippen LogP contribution is -2.49. The fourth-order valence-corrected chi connectivity index (χ4v) is 1.76. The van der Waals surface area contributed by atoms with Crippen molar-refractivity contribution in [3.05, 3.63) is 29.8 Å². The normalized spacial score (nSPS) is 12.1. The molecule has 0 spiro atoms. The van der Waals surface area contributed by atoms with Crippen LogP contribution in [0.15, 0.2) is 24.3 Å². The molecule has 0 aliphatic carbocycles. The zero-order valence-corrected chi connectivity index (χ0v) is 12.2. The Labute approximate surface area is 123 Å². The van der Waals surface area contributed by atoms with Crippen molar-refractivity contribution in [2.75, 3.05) is 0 Å². The summed E-state index contributed by atoms with van der Waals surface area (Å²) in [7, 11) is 0. The van der Waals surface area contributed by atoms with Crippen LogP contribution in [0.4, 0.5) is 0 Å². The van der Waals surface area contributed by atoms with Gasteiger partial charge in [0.25, 0.3) is 5.91 Å². The molecule has 1 rings (SSSR count). The van der Waals surface area contributed by atoms with E-state index in [-0.39, 0.29) is 6.42 Å². The summed E-state index contributed by atoms with van der Waals surface area (Å²) in [5, 5.41) is 20.4. The van der Waals surface area contributed by atoms with Gasteiger partial charge in [0.2, 0.25) is 0 Å². The van der Waals surface area contributed by atoms with Gasteiger partial charge < -0.3 is 15.2 Å². The SMILES string of the molecule is CC(Oc1ccccc1C#N)C(=O)NC(C)(C)CC(=O)O. The van der Waals surface area contributed by atoms with E-state index in [4.69, 9.17) is 15.1 Å². The third kappa shape index (κ3) is 5.15. The standard InChI is InChI=1S/C15H18N2O4/c1-10(14(20)17-15(2,3)8-13(18)19)21-12-7-5-4-6-11(12)9-16/h4-7,10H,8H2,1-3H3,(H,17,20)(H,18,19). The van der Waals surface area contributed by atoms with Gasteiger partial charge in [-0.15, -0.1) is 0 Å². The van der Waals surface area contributed by atoms with Crippen molar-refractivity contribution in [1.29, 1.82) is 5.26 Å². The summed E-state index contributed by atoms with van der Waals surface area (Å²) in [6.07, 6.45) is -1.03. The van der Waals surface area contributed by atoms with Crippen LogP contribution in [-0.4, -0.2) is 28.6 Å². The summed E-state index contributed by atoms with van der Waals surface area (Å²) in [6.45, 7) is 4.78. The third-order valence-electron chi connectivity index (χ3n) is 2.74. The Morgan fingerprint density at radius 1 is 1.43 bits per heavy atom. The number of hydrogen-bond acceptors (Lipinski definition) is 4. The minimum atomic E-state index is -0.997. The zero-order chi connectivity index (χ0) is 16.0. The maximum absolute atomic E-state index is 12.0. The van der Waals surface area contributed by atoms with Crippen molar-refractivity contribution in [3.63, 3.8) is 0 Å². The molecule has 112 valence electrons. The first-order valence-electron chi connectivity index (χ1n) is 6.45.